The van der Waals surface area contributed by atoms with E-state index in [0.29, 0.717) is 38.7 Å². The Labute approximate surface area is 162 Å². The predicted molar refractivity (Wildman–Crippen MR) is 94.3 cm³/mol. The van der Waals surface area contributed by atoms with Gasteiger partial charge in [-0.1, -0.05) is 10.4 Å². The molecule has 0 radical (unpaired) electrons. The van der Waals surface area contributed by atoms with Gasteiger partial charge in [0.05, 0.1) is 56.4 Å². The van der Waals surface area contributed by atoms with Gasteiger partial charge in [-0.15, -0.1) is 0 Å². The van der Waals surface area contributed by atoms with Crippen molar-refractivity contribution in [1.82, 2.24) is 0 Å². The maximum Gasteiger partial charge on any atom is 0.161 e. The summed E-state index contributed by atoms with van der Waals surface area (Å²) in [6.45, 7) is 0.390. The molecule has 3 saturated heterocycles. The van der Waals surface area contributed by atoms with Crippen LogP contribution in [0.4, 0.5) is 0 Å². The molecule has 160 valence electrons. The van der Waals surface area contributed by atoms with E-state index < -0.39 is 36.9 Å². The molecule has 0 aromatic heterocycles. The highest BCUT2D eigenvalue weighted by atomic mass is 16.7. The highest BCUT2D eigenvalue weighted by molar-refractivity contribution is 4.82. The first-order chi connectivity index (χ1) is 13.6. The zero-order valence-corrected chi connectivity index (χ0v) is 15.6. The molecule has 0 saturated carbocycles. The molecule has 3 aliphatic rings. The van der Waals surface area contributed by atoms with Crippen molar-refractivity contribution < 1.29 is 33.9 Å². The van der Waals surface area contributed by atoms with Crippen molar-refractivity contribution >= 4 is 0 Å². The van der Waals surface area contributed by atoms with Crippen molar-refractivity contribution in [1.29, 1.82) is 0 Å². The number of hydrogen-bond donors (Lipinski definition) is 2. The van der Waals surface area contributed by atoms with Gasteiger partial charge in [-0.05, 0) is 0 Å². The summed E-state index contributed by atoms with van der Waals surface area (Å²) in [6, 6.07) is -0.476. The van der Waals surface area contributed by atoms with Crippen LogP contribution in [0.25, 0.3) is 0 Å². The monoisotopic (exact) mass is 404 g/mol. The topological polar surface area (TPSA) is 145 Å². The van der Waals surface area contributed by atoms with E-state index in [9.17, 15) is 20.0 Å². The Balaban J connectivity index is 1.57. The standard InChI is InChI=1S/C17H28N2O9/c20-7-14-1-10(19-23)2-16(27-14)25-12-4-13(6-18-22)26-17(5-12)28-15-3-11(21)8-24-9-15/h10-17,20-21H,1-9H2/t10-,11+,12-,13-,14-,15-,16+,17-/m1/s1. The molecule has 3 fully saturated rings. The van der Waals surface area contributed by atoms with E-state index in [-0.39, 0.29) is 32.0 Å². The number of nitrogens with zero attached hydrogens (tertiary/aromatic N) is 2. The second-order valence-corrected chi connectivity index (χ2v) is 7.51. The number of ether oxygens (including phenoxy) is 5. The van der Waals surface area contributed by atoms with Gasteiger partial charge in [0.15, 0.2) is 12.6 Å². The molecule has 3 rings (SSSR count). The third-order valence-corrected chi connectivity index (χ3v) is 5.14. The lowest BCUT2D eigenvalue weighted by Crippen LogP contribution is -2.46. The summed E-state index contributed by atoms with van der Waals surface area (Å²) in [7, 11) is 0. The zero-order valence-electron chi connectivity index (χ0n) is 15.6. The summed E-state index contributed by atoms with van der Waals surface area (Å²) in [5.74, 6) is 0. The molecule has 11 nitrogen and oxygen atoms in total. The van der Waals surface area contributed by atoms with Crippen molar-refractivity contribution in [2.75, 3.05) is 26.4 Å². The SMILES string of the molecule is O=NC[C@H]1C[C@@H](O[C@@H]2C[C@H](N=O)C[C@H](CO)O2)C[C@@H](O[C@H]2COC[C@@H](O)C2)O1. The number of aliphatic hydroxyl groups excluding tert-OH is 2. The number of hydrogen-bond acceptors (Lipinski definition) is 11. The van der Waals surface area contributed by atoms with Crippen LogP contribution in [0.15, 0.2) is 10.4 Å². The van der Waals surface area contributed by atoms with Gasteiger partial charge in [0, 0.05) is 32.1 Å². The average molecular weight is 404 g/mol. The van der Waals surface area contributed by atoms with Crippen LogP contribution in [0.5, 0.6) is 0 Å². The normalized spacial score (nSPS) is 42.1. The lowest BCUT2D eigenvalue weighted by Gasteiger charge is -2.39. The molecular weight excluding hydrogens is 376 g/mol. The molecule has 0 amide bonds. The summed E-state index contributed by atoms with van der Waals surface area (Å²) in [4.78, 5) is 21.6. The van der Waals surface area contributed by atoms with Gasteiger partial charge < -0.3 is 33.9 Å². The Hall–Kier alpha value is -1.08. The van der Waals surface area contributed by atoms with Crippen LogP contribution in [-0.2, 0) is 23.7 Å². The minimum Gasteiger partial charge on any atom is -0.394 e. The number of nitroso groups, excluding NO2 is 2. The van der Waals surface area contributed by atoms with Crippen molar-refractivity contribution in [3.05, 3.63) is 9.81 Å². The molecule has 0 aromatic rings. The van der Waals surface area contributed by atoms with E-state index in [0.717, 1.165) is 0 Å². The van der Waals surface area contributed by atoms with Crippen molar-refractivity contribution in [2.24, 2.45) is 10.4 Å². The summed E-state index contributed by atoms with van der Waals surface area (Å²) >= 11 is 0. The van der Waals surface area contributed by atoms with Gasteiger partial charge in [-0.2, -0.15) is 9.81 Å². The summed E-state index contributed by atoms with van der Waals surface area (Å²) in [5.41, 5.74) is 0. The van der Waals surface area contributed by atoms with E-state index in [1.165, 1.54) is 0 Å². The lowest BCUT2D eigenvalue weighted by molar-refractivity contribution is -0.281. The smallest absolute Gasteiger partial charge is 0.161 e. The molecule has 28 heavy (non-hydrogen) atoms. The molecule has 0 bridgehead atoms. The summed E-state index contributed by atoms with van der Waals surface area (Å²) in [5, 5.41) is 25.0. The second-order valence-electron chi connectivity index (χ2n) is 7.51. The predicted octanol–water partition coefficient (Wildman–Crippen LogP) is 0.442. The quantitative estimate of drug-likeness (QED) is 0.550. The van der Waals surface area contributed by atoms with Crippen LogP contribution in [0.3, 0.4) is 0 Å². The van der Waals surface area contributed by atoms with Crippen molar-refractivity contribution in [3.8, 4) is 0 Å². The van der Waals surface area contributed by atoms with Crippen LogP contribution >= 0.6 is 0 Å². The fourth-order valence-electron chi connectivity index (χ4n) is 3.87. The van der Waals surface area contributed by atoms with E-state index >= 15 is 0 Å². The Morgan fingerprint density at radius 1 is 0.893 bits per heavy atom. The number of aliphatic hydroxyl groups is 2. The van der Waals surface area contributed by atoms with E-state index in [2.05, 4.69) is 10.4 Å². The minimum atomic E-state index is -0.679. The molecule has 0 unspecified atom stereocenters. The third-order valence-electron chi connectivity index (χ3n) is 5.14. The Bertz CT molecular complexity index is 511. The summed E-state index contributed by atoms with van der Waals surface area (Å²) < 4.78 is 28.7. The maximum absolute atomic E-state index is 10.9. The highest BCUT2D eigenvalue weighted by Gasteiger charge is 2.37. The molecule has 0 aromatic carbocycles. The number of rotatable bonds is 8. The first-order valence-electron chi connectivity index (χ1n) is 9.69. The first kappa shape index (κ1) is 21.6. The van der Waals surface area contributed by atoms with Gasteiger partial charge in [-0.3, -0.25) is 0 Å². The summed E-state index contributed by atoms with van der Waals surface area (Å²) in [6.07, 6.45) is -1.58. The molecule has 11 heteroatoms. The fourth-order valence-corrected chi connectivity index (χ4v) is 3.87. The van der Waals surface area contributed by atoms with Crippen LogP contribution in [0.1, 0.15) is 32.1 Å². The van der Waals surface area contributed by atoms with Gasteiger partial charge in [0.25, 0.3) is 0 Å². The molecule has 3 heterocycles. The Kier molecular flexibility index (Phi) is 8.21. The van der Waals surface area contributed by atoms with Gasteiger partial charge in [0.1, 0.15) is 6.54 Å². The lowest BCUT2D eigenvalue weighted by atomic mass is 10.0. The van der Waals surface area contributed by atoms with Crippen LogP contribution < -0.4 is 0 Å². The molecule has 8 atom stereocenters. The second kappa shape index (κ2) is 10.6. The highest BCUT2D eigenvalue weighted by Crippen LogP contribution is 2.30. The van der Waals surface area contributed by atoms with E-state index in [1.807, 2.05) is 0 Å². The van der Waals surface area contributed by atoms with Gasteiger partial charge in [0.2, 0.25) is 0 Å². The van der Waals surface area contributed by atoms with Crippen molar-refractivity contribution in [3.63, 3.8) is 0 Å². The van der Waals surface area contributed by atoms with Crippen LogP contribution in [0, 0.1) is 9.81 Å². The van der Waals surface area contributed by atoms with E-state index in [1.54, 1.807) is 0 Å². The van der Waals surface area contributed by atoms with Gasteiger partial charge >= 0.3 is 0 Å². The third kappa shape index (κ3) is 6.21. The molecule has 0 spiro atoms. The molecule has 2 N–H and O–H groups in total. The fraction of sp³-hybridized carbons (Fsp3) is 1.00. The van der Waals surface area contributed by atoms with Crippen molar-refractivity contribution in [2.45, 2.75) is 81.2 Å². The van der Waals surface area contributed by atoms with Crippen LogP contribution in [-0.4, -0.2) is 85.7 Å². The zero-order chi connectivity index (χ0) is 19.9. The molecule has 3 aliphatic heterocycles. The molecular formula is C17H28N2O9. The van der Waals surface area contributed by atoms with Gasteiger partial charge in [-0.25, -0.2) is 0 Å². The van der Waals surface area contributed by atoms with E-state index in [4.69, 9.17) is 23.7 Å². The average Bonchev–Trinajstić information content (AvgIpc) is 2.67. The Morgan fingerprint density at radius 3 is 2.36 bits per heavy atom. The van der Waals surface area contributed by atoms with Crippen LogP contribution in [0.2, 0.25) is 0 Å². The minimum absolute atomic E-state index is 0.0349. The molecule has 0 aliphatic carbocycles. The maximum atomic E-state index is 10.9. The largest absolute Gasteiger partial charge is 0.394 e. The Morgan fingerprint density at radius 2 is 1.64 bits per heavy atom. The first-order valence-corrected chi connectivity index (χ1v) is 9.69.